The number of nitrogens with one attached hydrogen (secondary N) is 1. The maximum atomic E-state index is 13.1. The van der Waals surface area contributed by atoms with Crippen LogP contribution in [0, 0.1) is 0 Å². The number of aromatic nitrogens is 2. The standard InChI is InChI=1S/C18H11ClF3N3O2/c19-11-4-3-5-12(10-11)25-9-8-15(26)16(24-25)17(27)23-14-7-2-1-6-13(14)18(20,21)22/h1-10H,(H,23,27). The molecule has 3 aromatic rings. The topological polar surface area (TPSA) is 64.0 Å². The summed E-state index contributed by atoms with van der Waals surface area (Å²) < 4.78 is 40.4. The Morgan fingerprint density at radius 3 is 2.52 bits per heavy atom. The molecule has 5 nitrogen and oxygen atoms in total. The van der Waals surface area contributed by atoms with Gasteiger partial charge < -0.3 is 5.32 Å². The van der Waals surface area contributed by atoms with Crippen LogP contribution in [0.15, 0.2) is 65.6 Å². The van der Waals surface area contributed by atoms with E-state index in [1.807, 2.05) is 0 Å². The Labute approximate surface area is 156 Å². The number of carbonyl (C=O) groups is 1. The maximum absolute atomic E-state index is 13.1. The average molecular weight is 394 g/mol. The van der Waals surface area contributed by atoms with Crippen LogP contribution in [0.1, 0.15) is 16.1 Å². The molecule has 0 atom stereocenters. The van der Waals surface area contributed by atoms with Crippen LogP contribution in [-0.2, 0) is 6.18 Å². The van der Waals surface area contributed by atoms with E-state index in [2.05, 4.69) is 10.4 Å². The van der Waals surface area contributed by atoms with E-state index in [0.717, 1.165) is 18.2 Å². The molecule has 0 fully saturated rings. The Bertz CT molecular complexity index is 1060. The predicted octanol–water partition coefficient (Wildman–Crippen LogP) is 4.16. The number of nitrogens with zero attached hydrogens (tertiary/aromatic N) is 2. The van der Waals surface area contributed by atoms with E-state index in [9.17, 15) is 22.8 Å². The fourth-order valence-corrected chi connectivity index (χ4v) is 2.53. The summed E-state index contributed by atoms with van der Waals surface area (Å²) in [6, 6.07) is 12.0. The van der Waals surface area contributed by atoms with Crippen molar-refractivity contribution in [3.63, 3.8) is 0 Å². The van der Waals surface area contributed by atoms with Crippen LogP contribution < -0.4 is 10.7 Å². The summed E-state index contributed by atoms with van der Waals surface area (Å²) in [5.41, 5.74) is -2.28. The predicted molar refractivity (Wildman–Crippen MR) is 94.2 cm³/mol. The van der Waals surface area contributed by atoms with E-state index >= 15 is 0 Å². The number of hydrogen-bond acceptors (Lipinski definition) is 3. The molecule has 1 heterocycles. The van der Waals surface area contributed by atoms with Gasteiger partial charge in [0, 0.05) is 17.3 Å². The van der Waals surface area contributed by atoms with Crippen LogP contribution in [0.2, 0.25) is 5.02 Å². The molecule has 0 aliphatic heterocycles. The van der Waals surface area contributed by atoms with Crippen LogP contribution >= 0.6 is 11.6 Å². The van der Waals surface area contributed by atoms with Gasteiger partial charge in [-0.2, -0.15) is 18.3 Å². The zero-order chi connectivity index (χ0) is 19.6. The lowest BCUT2D eigenvalue weighted by molar-refractivity contribution is -0.136. The summed E-state index contributed by atoms with van der Waals surface area (Å²) in [5.74, 6) is -1.05. The van der Waals surface area contributed by atoms with Crippen molar-refractivity contribution in [2.24, 2.45) is 0 Å². The molecule has 0 radical (unpaired) electrons. The molecule has 2 aromatic carbocycles. The first kappa shape index (κ1) is 18.7. The number of anilines is 1. The second-order valence-corrected chi connectivity index (χ2v) is 5.89. The molecule has 3 rings (SSSR count). The smallest absolute Gasteiger partial charge is 0.320 e. The second kappa shape index (κ2) is 7.24. The third kappa shape index (κ3) is 4.17. The third-order valence-electron chi connectivity index (χ3n) is 3.58. The zero-order valence-corrected chi connectivity index (χ0v) is 14.3. The van der Waals surface area contributed by atoms with E-state index in [-0.39, 0.29) is 0 Å². The van der Waals surface area contributed by atoms with Gasteiger partial charge in [-0.05, 0) is 30.3 Å². The highest BCUT2D eigenvalue weighted by Crippen LogP contribution is 2.34. The number of para-hydroxylation sites is 1. The Kier molecular flexibility index (Phi) is 5.00. The van der Waals surface area contributed by atoms with E-state index in [1.165, 1.54) is 23.0 Å². The summed E-state index contributed by atoms with van der Waals surface area (Å²) in [6.45, 7) is 0. The van der Waals surface area contributed by atoms with E-state index in [0.29, 0.717) is 10.7 Å². The molecule has 1 aromatic heterocycles. The number of benzene rings is 2. The summed E-state index contributed by atoms with van der Waals surface area (Å²) in [7, 11) is 0. The monoisotopic (exact) mass is 393 g/mol. The summed E-state index contributed by atoms with van der Waals surface area (Å²) in [6.07, 6.45) is -3.33. The molecule has 1 amide bonds. The molecule has 0 aliphatic rings. The van der Waals surface area contributed by atoms with Gasteiger partial charge in [0.25, 0.3) is 5.91 Å². The van der Waals surface area contributed by atoms with Gasteiger partial charge >= 0.3 is 6.18 Å². The molecular weight excluding hydrogens is 383 g/mol. The van der Waals surface area contributed by atoms with Crippen LogP contribution in [-0.4, -0.2) is 15.7 Å². The minimum atomic E-state index is -4.66. The summed E-state index contributed by atoms with van der Waals surface area (Å²) in [5, 5.41) is 6.44. The molecular formula is C18H11ClF3N3O2. The lowest BCUT2D eigenvalue weighted by atomic mass is 10.1. The molecule has 0 aliphatic carbocycles. The van der Waals surface area contributed by atoms with Gasteiger partial charge in [-0.3, -0.25) is 9.59 Å². The highest BCUT2D eigenvalue weighted by molar-refractivity contribution is 6.30. The van der Waals surface area contributed by atoms with Gasteiger partial charge in [0.05, 0.1) is 16.9 Å². The van der Waals surface area contributed by atoms with Crippen LogP contribution in [0.25, 0.3) is 5.69 Å². The van der Waals surface area contributed by atoms with Crippen LogP contribution in [0.5, 0.6) is 0 Å². The molecule has 9 heteroatoms. The number of carbonyl (C=O) groups excluding carboxylic acids is 1. The van der Waals surface area contributed by atoms with Crippen molar-refractivity contribution >= 4 is 23.2 Å². The number of alkyl halides is 3. The molecule has 1 N–H and O–H groups in total. The molecule has 0 spiro atoms. The van der Waals surface area contributed by atoms with Gasteiger partial charge in [-0.1, -0.05) is 29.8 Å². The van der Waals surface area contributed by atoms with E-state index in [4.69, 9.17) is 11.6 Å². The lowest BCUT2D eigenvalue weighted by Crippen LogP contribution is -2.26. The van der Waals surface area contributed by atoms with Crippen LogP contribution in [0.3, 0.4) is 0 Å². The highest BCUT2D eigenvalue weighted by atomic mass is 35.5. The molecule has 0 bridgehead atoms. The minimum Gasteiger partial charge on any atom is -0.320 e. The van der Waals surface area contributed by atoms with Crippen molar-refractivity contribution in [1.29, 1.82) is 0 Å². The number of halogens is 4. The van der Waals surface area contributed by atoms with Crippen molar-refractivity contribution in [2.45, 2.75) is 6.18 Å². The zero-order valence-electron chi connectivity index (χ0n) is 13.5. The SMILES string of the molecule is O=C(Nc1ccccc1C(F)(F)F)c1nn(-c2cccc(Cl)c2)ccc1=O. The fourth-order valence-electron chi connectivity index (χ4n) is 2.35. The fraction of sp³-hybridized carbons (Fsp3) is 0.0556. The van der Waals surface area contributed by atoms with Crippen molar-refractivity contribution in [2.75, 3.05) is 5.32 Å². The number of hydrogen-bond donors (Lipinski definition) is 1. The van der Waals surface area contributed by atoms with Gasteiger partial charge in [-0.15, -0.1) is 0 Å². The molecule has 27 heavy (non-hydrogen) atoms. The molecule has 0 saturated heterocycles. The van der Waals surface area contributed by atoms with Crippen molar-refractivity contribution < 1.29 is 18.0 Å². The Morgan fingerprint density at radius 2 is 1.81 bits per heavy atom. The maximum Gasteiger partial charge on any atom is 0.418 e. The largest absolute Gasteiger partial charge is 0.418 e. The van der Waals surface area contributed by atoms with E-state index < -0.39 is 34.5 Å². The van der Waals surface area contributed by atoms with Crippen molar-refractivity contribution in [1.82, 2.24) is 9.78 Å². The van der Waals surface area contributed by atoms with Gasteiger partial charge in [-0.25, -0.2) is 4.68 Å². The minimum absolute atomic E-state index is 0.415. The quantitative estimate of drug-likeness (QED) is 0.726. The van der Waals surface area contributed by atoms with Gasteiger partial charge in [0.2, 0.25) is 5.43 Å². The first-order valence-electron chi connectivity index (χ1n) is 7.59. The first-order chi connectivity index (χ1) is 12.8. The summed E-state index contributed by atoms with van der Waals surface area (Å²) in [4.78, 5) is 24.4. The first-order valence-corrected chi connectivity index (χ1v) is 7.97. The average Bonchev–Trinajstić information content (AvgIpc) is 2.61. The van der Waals surface area contributed by atoms with Gasteiger partial charge in [0.15, 0.2) is 5.69 Å². The Hall–Kier alpha value is -3.13. The normalized spacial score (nSPS) is 11.3. The molecule has 138 valence electrons. The van der Waals surface area contributed by atoms with Crippen molar-refractivity contribution in [3.05, 3.63) is 87.3 Å². The van der Waals surface area contributed by atoms with Crippen LogP contribution in [0.4, 0.5) is 18.9 Å². The number of rotatable bonds is 3. The van der Waals surface area contributed by atoms with E-state index in [1.54, 1.807) is 24.3 Å². The highest BCUT2D eigenvalue weighted by Gasteiger charge is 2.33. The summed E-state index contributed by atoms with van der Waals surface area (Å²) >= 11 is 5.91. The third-order valence-corrected chi connectivity index (χ3v) is 3.81. The Morgan fingerprint density at radius 1 is 1.07 bits per heavy atom. The lowest BCUT2D eigenvalue weighted by Gasteiger charge is -2.13. The Balaban J connectivity index is 1.97. The second-order valence-electron chi connectivity index (χ2n) is 5.45. The number of amides is 1. The van der Waals surface area contributed by atoms with Crippen molar-refractivity contribution in [3.8, 4) is 5.69 Å². The van der Waals surface area contributed by atoms with Gasteiger partial charge in [0.1, 0.15) is 0 Å². The molecule has 0 saturated carbocycles. The molecule has 0 unspecified atom stereocenters.